The second kappa shape index (κ2) is 6.73. The van der Waals surface area contributed by atoms with Gasteiger partial charge in [0.25, 0.3) is 0 Å². The van der Waals surface area contributed by atoms with E-state index in [-0.39, 0.29) is 29.5 Å². The summed E-state index contributed by atoms with van der Waals surface area (Å²) in [4.78, 5) is 14.8. The number of likely N-dealkylation sites (N-methyl/N-ethyl adjacent to an activating group) is 1. The van der Waals surface area contributed by atoms with Crippen LogP contribution >= 0.6 is 0 Å². The third-order valence-corrected chi connectivity index (χ3v) is 8.38. The molecule has 1 saturated carbocycles. The molecule has 2 fully saturated rings. The van der Waals surface area contributed by atoms with Gasteiger partial charge in [0, 0.05) is 29.9 Å². The normalized spacial score (nSPS) is 35.1. The lowest BCUT2D eigenvalue weighted by molar-refractivity contribution is -0.167. The molecule has 5 heteroatoms. The van der Waals surface area contributed by atoms with Crippen LogP contribution in [0.5, 0.6) is 11.5 Å². The maximum absolute atomic E-state index is 12.2. The van der Waals surface area contributed by atoms with Crippen molar-refractivity contribution in [3.63, 3.8) is 0 Å². The van der Waals surface area contributed by atoms with Gasteiger partial charge in [-0.2, -0.15) is 0 Å². The highest BCUT2D eigenvalue weighted by atomic mass is 16.6. The molecule has 2 bridgehead atoms. The SMILES string of the molecule is COc1ccc2c3c1O[C@H]1[C@@H](OC(C)=O)[C@@H](c4ccccc4)C[C@H]4[C@@H](C2)N(C)CC[C@@]341. The van der Waals surface area contributed by atoms with Gasteiger partial charge in [-0.15, -0.1) is 0 Å². The Hall–Kier alpha value is -2.53. The second-order valence-corrected chi connectivity index (χ2v) is 9.65. The Bertz CT molecular complexity index is 1040. The Morgan fingerprint density at radius 1 is 1.19 bits per heavy atom. The Morgan fingerprint density at radius 3 is 2.74 bits per heavy atom. The third-order valence-electron chi connectivity index (χ3n) is 8.38. The average molecular weight is 420 g/mol. The van der Waals surface area contributed by atoms with Crippen molar-refractivity contribution < 1.29 is 19.0 Å². The number of likely N-dealkylation sites (tertiary alicyclic amines) is 1. The van der Waals surface area contributed by atoms with Gasteiger partial charge in [0.2, 0.25) is 0 Å². The molecule has 6 rings (SSSR count). The van der Waals surface area contributed by atoms with Crippen molar-refractivity contribution in [1.29, 1.82) is 0 Å². The molecule has 4 aliphatic rings. The van der Waals surface area contributed by atoms with Gasteiger partial charge in [0.1, 0.15) is 12.2 Å². The van der Waals surface area contributed by atoms with E-state index in [9.17, 15) is 4.79 Å². The highest BCUT2D eigenvalue weighted by molar-refractivity contribution is 5.67. The fourth-order valence-corrected chi connectivity index (χ4v) is 7.19. The van der Waals surface area contributed by atoms with E-state index in [1.54, 1.807) is 7.11 Å². The summed E-state index contributed by atoms with van der Waals surface area (Å²) in [7, 11) is 3.96. The first kappa shape index (κ1) is 19.2. The summed E-state index contributed by atoms with van der Waals surface area (Å²) in [6.07, 6.45) is 2.53. The monoisotopic (exact) mass is 419 g/mol. The molecule has 2 aliphatic heterocycles. The van der Waals surface area contributed by atoms with E-state index in [0.717, 1.165) is 37.3 Å². The van der Waals surface area contributed by atoms with Crippen LogP contribution in [0.4, 0.5) is 0 Å². The first-order valence-corrected chi connectivity index (χ1v) is 11.3. The van der Waals surface area contributed by atoms with Crippen LogP contribution in [0.25, 0.3) is 0 Å². The Morgan fingerprint density at radius 2 is 2.00 bits per heavy atom. The van der Waals surface area contributed by atoms with Gasteiger partial charge in [0.15, 0.2) is 11.5 Å². The average Bonchev–Trinajstić information content (AvgIpc) is 3.12. The van der Waals surface area contributed by atoms with E-state index in [4.69, 9.17) is 14.2 Å². The van der Waals surface area contributed by atoms with Crippen LogP contribution in [0.15, 0.2) is 42.5 Å². The Labute approximate surface area is 183 Å². The molecule has 1 saturated heterocycles. The number of piperidine rings is 1. The molecule has 0 aromatic heterocycles. The van der Waals surface area contributed by atoms with Crippen molar-refractivity contribution in [1.82, 2.24) is 4.90 Å². The van der Waals surface area contributed by atoms with E-state index >= 15 is 0 Å². The van der Waals surface area contributed by atoms with Crippen LogP contribution in [0.1, 0.15) is 42.4 Å². The standard InChI is InChI=1S/C26H29NO4/c1-15(28)30-23-18(16-7-5-4-6-8-16)14-19-20-13-17-9-10-21(29-3)24-22(17)26(19,25(23)31-24)11-12-27(20)2/h4-10,18-20,23,25H,11-14H2,1-3H3/t18-,19+,20-,23+,25+,26+/m1/s1. The number of ether oxygens (including phenoxy) is 3. The molecule has 2 aromatic rings. The number of rotatable bonds is 3. The summed E-state index contributed by atoms with van der Waals surface area (Å²) < 4.78 is 18.6. The van der Waals surface area contributed by atoms with Crippen LogP contribution < -0.4 is 9.47 Å². The molecule has 2 aliphatic carbocycles. The molecule has 0 radical (unpaired) electrons. The first-order chi connectivity index (χ1) is 15.0. The van der Waals surface area contributed by atoms with Gasteiger partial charge in [-0.3, -0.25) is 4.79 Å². The second-order valence-electron chi connectivity index (χ2n) is 9.65. The van der Waals surface area contributed by atoms with Crippen LogP contribution in [0, 0.1) is 5.92 Å². The molecule has 5 nitrogen and oxygen atoms in total. The van der Waals surface area contributed by atoms with Crippen molar-refractivity contribution in [2.24, 2.45) is 5.92 Å². The lowest BCUT2D eigenvalue weighted by atomic mass is 9.49. The molecule has 2 aromatic carbocycles. The summed E-state index contributed by atoms with van der Waals surface area (Å²) in [6.45, 7) is 2.54. The van der Waals surface area contributed by atoms with Crippen molar-refractivity contribution in [3.8, 4) is 11.5 Å². The number of hydrogen-bond donors (Lipinski definition) is 0. The molecule has 31 heavy (non-hydrogen) atoms. The van der Waals surface area contributed by atoms with E-state index in [2.05, 4.69) is 42.3 Å². The van der Waals surface area contributed by atoms with Crippen LogP contribution in [-0.4, -0.2) is 49.8 Å². The summed E-state index contributed by atoms with van der Waals surface area (Å²) >= 11 is 0. The number of nitrogens with zero attached hydrogens (tertiary/aromatic N) is 1. The van der Waals surface area contributed by atoms with Gasteiger partial charge >= 0.3 is 5.97 Å². The summed E-state index contributed by atoms with van der Waals surface area (Å²) in [5, 5.41) is 0. The molecule has 0 unspecified atom stereocenters. The molecule has 6 atom stereocenters. The maximum Gasteiger partial charge on any atom is 0.303 e. The Kier molecular flexibility index (Phi) is 4.16. The van der Waals surface area contributed by atoms with Gasteiger partial charge in [-0.05, 0) is 56.0 Å². The summed E-state index contributed by atoms with van der Waals surface area (Å²) in [5.74, 6) is 1.99. The highest BCUT2D eigenvalue weighted by Gasteiger charge is 2.68. The number of carbonyl (C=O) groups is 1. The van der Waals surface area contributed by atoms with Gasteiger partial charge in [0.05, 0.1) is 7.11 Å². The first-order valence-electron chi connectivity index (χ1n) is 11.3. The van der Waals surface area contributed by atoms with Crippen LogP contribution in [0.2, 0.25) is 0 Å². The molecule has 0 amide bonds. The molecule has 162 valence electrons. The zero-order chi connectivity index (χ0) is 21.3. The summed E-state index contributed by atoms with van der Waals surface area (Å²) in [6, 6.07) is 15.2. The molecular weight excluding hydrogens is 390 g/mol. The minimum Gasteiger partial charge on any atom is -0.493 e. The van der Waals surface area contributed by atoms with Crippen molar-refractivity contribution in [2.75, 3.05) is 20.7 Å². The predicted molar refractivity (Wildman–Crippen MR) is 117 cm³/mol. The maximum atomic E-state index is 12.2. The van der Waals surface area contributed by atoms with Gasteiger partial charge < -0.3 is 19.1 Å². The largest absolute Gasteiger partial charge is 0.493 e. The molecule has 1 spiro atoms. The molecular formula is C26H29NO4. The minimum absolute atomic E-state index is 0.115. The molecule has 2 heterocycles. The number of methoxy groups -OCH3 is 1. The van der Waals surface area contributed by atoms with Crippen LogP contribution in [-0.2, 0) is 21.4 Å². The van der Waals surface area contributed by atoms with E-state index in [0.29, 0.717) is 12.0 Å². The van der Waals surface area contributed by atoms with Crippen molar-refractivity contribution in [3.05, 3.63) is 59.2 Å². The lowest BCUT2D eigenvalue weighted by Gasteiger charge is -2.60. The zero-order valence-corrected chi connectivity index (χ0v) is 18.3. The zero-order valence-electron chi connectivity index (χ0n) is 18.3. The third kappa shape index (κ3) is 2.50. The summed E-state index contributed by atoms with van der Waals surface area (Å²) in [5.41, 5.74) is 3.79. The van der Waals surface area contributed by atoms with Crippen molar-refractivity contribution in [2.45, 2.75) is 55.8 Å². The Balaban J connectivity index is 1.57. The molecule has 0 N–H and O–H groups in total. The number of carbonyl (C=O) groups excluding carboxylic acids is 1. The quantitative estimate of drug-likeness (QED) is 0.710. The minimum atomic E-state index is -0.316. The van der Waals surface area contributed by atoms with Crippen LogP contribution in [0.3, 0.4) is 0 Å². The number of benzene rings is 2. The smallest absolute Gasteiger partial charge is 0.303 e. The number of esters is 1. The fourth-order valence-electron chi connectivity index (χ4n) is 7.19. The fraction of sp³-hybridized carbons (Fsp3) is 0.500. The number of hydrogen-bond acceptors (Lipinski definition) is 5. The van der Waals surface area contributed by atoms with Gasteiger partial charge in [-0.25, -0.2) is 0 Å². The van der Waals surface area contributed by atoms with E-state index in [1.807, 2.05) is 12.1 Å². The van der Waals surface area contributed by atoms with Gasteiger partial charge in [-0.1, -0.05) is 36.4 Å². The predicted octanol–water partition coefficient (Wildman–Crippen LogP) is 3.69. The van der Waals surface area contributed by atoms with E-state index < -0.39 is 0 Å². The lowest BCUT2D eigenvalue weighted by Crippen LogP contribution is -2.68. The highest BCUT2D eigenvalue weighted by Crippen LogP contribution is 2.65. The van der Waals surface area contributed by atoms with E-state index in [1.165, 1.54) is 23.6 Å². The topological polar surface area (TPSA) is 48.0 Å². The van der Waals surface area contributed by atoms with Crippen molar-refractivity contribution >= 4 is 5.97 Å².